The van der Waals surface area contributed by atoms with Crippen molar-refractivity contribution in [3.63, 3.8) is 0 Å². The molecule has 1 aliphatic heterocycles. The summed E-state index contributed by atoms with van der Waals surface area (Å²) < 4.78 is 5.92. The van der Waals surface area contributed by atoms with E-state index < -0.39 is 17.7 Å². The number of aliphatic imine (C=N–C) groups is 1. The van der Waals surface area contributed by atoms with E-state index in [4.69, 9.17) is 27.1 Å². The van der Waals surface area contributed by atoms with Gasteiger partial charge in [-0.05, 0) is 37.3 Å². The minimum atomic E-state index is -0.969. The number of ether oxygens (including phenoxy) is 1. The number of hydrogen-bond donors (Lipinski definition) is 1. The fraction of sp³-hybridized carbons (Fsp3) is 0.333. The molecule has 2 aliphatic rings. The molecule has 2 bridgehead atoms. The first-order chi connectivity index (χ1) is 12.6. The lowest BCUT2D eigenvalue weighted by Gasteiger charge is -2.42. The number of carbonyl (C=O) groups is 1. The predicted molar refractivity (Wildman–Crippen MR) is 102 cm³/mol. The SMILES string of the molecule is NC(Cc1ccccc1)C1=N[C@@]2(c3ccccc3Cl)CCC[C@@H](O1)C2=O. The maximum absolute atomic E-state index is 13.1. The Labute approximate surface area is 158 Å². The number of hydrogen-bond acceptors (Lipinski definition) is 4. The van der Waals surface area contributed by atoms with Gasteiger partial charge in [-0.2, -0.15) is 0 Å². The van der Waals surface area contributed by atoms with Gasteiger partial charge in [-0.15, -0.1) is 0 Å². The molecule has 0 spiro atoms. The molecular weight excluding hydrogens is 348 g/mol. The van der Waals surface area contributed by atoms with Crippen LogP contribution in [0.25, 0.3) is 0 Å². The Morgan fingerprint density at radius 3 is 2.69 bits per heavy atom. The molecule has 0 radical (unpaired) electrons. The zero-order valence-corrected chi connectivity index (χ0v) is 15.2. The van der Waals surface area contributed by atoms with Crippen LogP contribution in [0.2, 0.25) is 5.02 Å². The Balaban J connectivity index is 1.73. The second-order valence-corrected chi connectivity index (χ2v) is 7.36. The fourth-order valence-electron chi connectivity index (χ4n) is 3.90. The van der Waals surface area contributed by atoms with Crippen LogP contribution in [0.1, 0.15) is 30.4 Å². The van der Waals surface area contributed by atoms with Gasteiger partial charge in [-0.1, -0.05) is 60.1 Å². The summed E-state index contributed by atoms with van der Waals surface area (Å²) >= 11 is 6.43. The van der Waals surface area contributed by atoms with E-state index in [1.54, 1.807) is 6.07 Å². The van der Waals surface area contributed by atoms with Gasteiger partial charge in [0, 0.05) is 10.6 Å². The van der Waals surface area contributed by atoms with Crippen molar-refractivity contribution in [3.8, 4) is 0 Å². The summed E-state index contributed by atoms with van der Waals surface area (Å²) in [6.07, 6.45) is 2.32. The van der Waals surface area contributed by atoms with Crippen molar-refractivity contribution in [2.45, 2.75) is 43.4 Å². The third-order valence-electron chi connectivity index (χ3n) is 5.20. The zero-order valence-electron chi connectivity index (χ0n) is 14.4. The number of rotatable bonds is 4. The first-order valence-electron chi connectivity index (χ1n) is 8.95. The number of benzene rings is 2. The summed E-state index contributed by atoms with van der Waals surface area (Å²) in [5.74, 6) is 0.450. The molecule has 4 nitrogen and oxygen atoms in total. The molecule has 0 saturated heterocycles. The number of fused-ring (bicyclic) bond motifs is 2. The lowest BCUT2D eigenvalue weighted by Crippen LogP contribution is -2.54. The molecule has 2 aromatic rings. The standard InChI is InChI=1S/C21H21ClN2O2/c22-16-10-5-4-9-15(16)21-12-6-11-18(19(21)25)26-20(24-21)17(23)13-14-7-2-1-3-8-14/h1-5,7-10,17-18H,6,11-13,23H2/t17?,18-,21-/m1/s1. The molecule has 5 heteroatoms. The maximum atomic E-state index is 13.1. The van der Waals surface area contributed by atoms with Crippen molar-refractivity contribution in [3.05, 3.63) is 70.7 Å². The summed E-state index contributed by atoms with van der Waals surface area (Å²) in [6.45, 7) is 0. The summed E-state index contributed by atoms with van der Waals surface area (Å²) in [4.78, 5) is 17.9. The van der Waals surface area contributed by atoms with Gasteiger partial charge in [0.1, 0.15) is 0 Å². The zero-order chi connectivity index (χ0) is 18.1. The van der Waals surface area contributed by atoms with Crippen molar-refractivity contribution >= 4 is 23.3 Å². The maximum Gasteiger partial charge on any atom is 0.205 e. The van der Waals surface area contributed by atoms with Crippen LogP contribution in [-0.2, 0) is 21.5 Å². The molecule has 26 heavy (non-hydrogen) atoms. The number of halogens is 1. The first-order valence-corrected chi connectivity index (χ1v) is 9.33. The van der Waals surface area contributed by atoms with Crippen molar-refractivity contribution in [1.29, 1.82) is 0 Å². The van der Waals surface area contributed by atoms with E-state index in [1.807, 2.05) is 48.5 Å². The van der Waals surface area contributed by atoms with Gasteiger partial charge >= 0.3 is 0 Å². The molecule has 134 valence electrons. The van der Waals surface area contributed by atoms with Crippen LogP contribution in [0.15, 0.2) is 59.6 Å². The molecule has 1 fully saturated rings. The minimum absolute atomic E-state index is 0.00693. The minimum Gasteiger partial charge on any atom is -0.468 e. The van der Waals surface area contributed by atoms with Crippen LogP contribution in [0.4, 0.5) is 0 Å². The van der Waals surface area contributed by atoms with Crippen LogP contribution >= 0.6 is 11.6 Å². The Morgan fingerprint density at radius 2 is 1.92 bits per heavy atom. The summed E-state index contributed by atoms with van der Waals surface area (Å²) in [5.41, 5.74) is 7.30. The number of ketones is 1. The van der Waals surface area contributed by atoms with E-state index in [9.17, 15) is 4.79 Å². The van der Waals surface area contributed by atoms with Gasteiger partial charge in [0.15, 0.2) is 11.6 Å². The van der Waals surface area contributed by atoms with Crippen molar-refractivity contribution in [2.75, 3.05) is 0 Å². The molecule has 1 heterocycles. The average Bonchev–Trinajstić information content (AvgIpc) is 2.63. The fourth-order valence-corrected chi connectivity index (χ4v) is 4.19. The molecule has 2 N–H and O–H groups in total. The number of carbonyl (C=O) groups excluding carboxylic acids is 1. The second-order valence-electron chi connectivity index (χ2n) is 6.95. The molecule has 1 unspecified atom stereocenters. The van der Waals surface area contributed by atoms with Crippen molar-refractivity contribution in [2.24, 2.45) is 10.7 Å². The topological polar surface area (TPSA) is 64.7 Å². The summed E-state index contributed by atoms with van der Waals surface area (Å²) in [5, 5.41) is 0.558. The second kappa shape index (κ2) is 6.86. The lowest BCUT2D eigenvalue weighted by atomic mass is 9.73. The first kappa shape index (κ1) is 17.3. The molecule has 0 amide bonds. The normalized spacial score (nSPS) is 26.0. The molecule has 1 saturated carbocycles. The van der Waals surface area contributed by atoms with Gasteiger partial charge < -0.3 is 10.5 Å². The van der Waals surface area contributed by atoms with Crippen LogP contribution in [0.3, 0.4) is 0 Å². The summed E-state index contributed by atoms with van der Waals surface area (Å²) in [7, 11) is 0. The Hall–Kier alpha value is -2.17. The highest BCUT2D eigenvalue weighted by atomic mass is 35.5. The third-order valence-corrected chi connectivity index (χ3v) is 5.53. The van der Waals surface area contributed by atoms with Crippen LogP contribution < -0.4 is 5.73 Å². The monoisotopic (exact) mass is 368 g/mol. The van der Waals surface area contributed by atoms with Gasteiger partial charge in [0.05, 0.1) is 6.04 Å². The smallest absolute Gasteiger partial charge is 0.205 e. The van der Waals surface area contributed by atoms with E-state index in [-0.39, 0.29) is 5.78 Å². The predicted octanol–water partition coefficient (Wildman–Crippen LogP) is 3.66. The quantitative estimate of drug-likeness (QED) is 0.895. The van der Waals surface area contributed by atoms with Gasteiger partial charge in [-0.3, -0.25) is 4.79 Å². The van der Waals surface area contributed by atoms with E-state index in [1.165, 1.54) is 0 Å². The van der Waals surface area contributed by atoms with E-state index in [0.29, 0.717) is 30.2 Å². The van der Waals surface area contributed by atoms with Crippen LogP contribution in [0.5, 0.6) is 0 Å². The van der Waals surface area contributed by atoms with Gasteiger partial charge in [-0.25, -0.2) is 4.99 Å². The Kier molecular flexibility index (Phi) is 4.55. The van der Waals surface area contributed by atoms with E-state index >= 15 is 0 Å². The highest BCUT2D eigenvalue weighted by Gasteiger charge is 2.52. The molecular formula is C21H21ClN2O2. The van der Waals surface area contributed by atoms with Crippen LogP contribution in [0, 0.1) is 0 Å². The van der Waals surface area contributed by atoms with Crippen LogP contribution in [-0.4, -0.2) is 23.8 Å². The van der Waals surface area contributed by atoms with Crippen molar-refractivity contribution < 1.29 is 9.53 Å². The molecule has 0 aromatic heterocycles. The molecule has 4 rings (SSSR count). The third kappa shape index (κ3) is 2.93. The lowest BCUT2D eigenvalue weighted by molar-refractivity contribution is -0.137. The largest absolute Gasteiger partial charge is 0.468 e. The molecule has 2 aromatic carbocycles. The highest BCUT2D eigenvalue weighted by molar-refractivity contribution is 6.32. The Bertz CT molecular complexity index is 852. The molecule has 1 aliphatic carbocycles. The number of Topliss-reactive ketones (excluding diaryl/α,β-unsaturated/α-hetero) is 1. The number of nitrogens with zero attached hydrogens (tertiary/aromatic N) is 1. The average molecular weight is 369 g/mol. The van der Waals surface area contributed by atoms with Crippen molar-refractivity contribution in [1.82, 2.24) is 0 Å². The summed E-state index contributed by atoms with van der Waals surface area (Å²) in [6, 6.07) is 17.0. The van der Waals surface area contributed by atoms with E-state index in [0.717, 1.165) is 17.5 Å². The van der Waals surface area contributed by atoms with Gasteiger partial charge in [0.25, 0.3) is 0 Å². The number of nitrogens with two attached hydrogens (primary N) is 1. The van der Waals surface area contributed by atoms with E-state index in [2.05, 4.69) is 0 Å². The Morgan fingerprint density at radius 1 is 1.19 bits per heavy atom. The van der Waals surface area contributed by atoms with Gasteiger partial charge in [0.2, 0.25) is 11.7 Å². The molecule has 3 atom stereocenters. The highest BCUT2D eigenvalue weighted by Crippen LogP contribution is 2.44.